The number of hydrogen-bond acceptors (Lipinski definition) is 8. The Kier molecular flexibility index (Phi) is 4.13. The average Bonchev–Trinajstić information content (AvgIpc) is 3.37. The smallest absolute Gasteiger partial charge is 0.258 e. The van der Waals surface area contributed by atoms with Gasteiger partial charge < -0.3 is 13.8 Å². The number of nitrogens with zero attached hydrogens (tertiary/aromatic N) is 6. The number of halogens is 1. The number of hydrogen-bond donors (Lipinski definition) is 0. The highest BCUT2D eigenvalue weighted by Crippen LogP contribution is 2.33. The first-order valence-corrected chi connectivity index (χ1v) is 8.05. The minimum Gasteiger partial charge on any atom is -0.485 e. The molecule has 0 aliphatic heterocycles. The van der Waals surface area contributed by atoms with Crippen LogP contribution in [0.3, 0.4) is 0 Å². The average molecular weight is 373 g/mol. The summed E-state index contributed by atoms with van der Waals surface area (Å²) in [4.78, 5) is 0. The molecular formula is C16H13ClN6O3. The summed E-state index contributed by atoms with van der Waals surface area (Å²) in [6.45, 7) is 3.84. The Hall–Kier alpha value is -3.20. The molecule has 0 bridgehead atoms. The second kappa shape index (κ2) is 6.60. The van der Waals surface area contributed by atoms with Crippen molar-refractivity contribution in [2.75, 3.05) is 0 Å². The molecule has 1 aromatic carbocycles. The van der Waals surface area contributed by atoms with Gasteiger partial charge in [-0.2, -0.15) is 4.68 Å². The Labute approximate surface area is 152 Å². The van der Waals surface area contributed by atoms with Crippen LogP contribution < -0.4 is 4.74 Å². The highest BCUT2D eigenvalue weighted by molar-refractivity contribution is 6.30. The van der Waals surface area contributed by atoms with Crippen molar-refractivity contribution in [3.8, 4) is 23.0 Å². The monoisotopic (exact) mass is 372 g/mol. The van der Waals surface area contributed by atoms with Gasteiger partial charge in [-0.15, -0.1) is 5.10 Å². The molecule has 132 valence electrons. The highest BCUT2D eigenvalue weighted by atomic mass is 35.5. The van der Waals surface area contributed by atoms with E-state index in [9.17, 15) is 0 Å². The normalized spacial score (nSPS) is 11.0. The molecule has 9 nitrogen and oxygen atoms in total. The summed E-state index contributed by atoms with van der Waals surface area (Å²) in [5.74, 6) is 2.02. The van der Waals surface area contributed by atoms with Crippen LogP contribution in [0.1, 0.15) is 17.1 Å². The van der Waals surface area contributed by atoms with E-state index in [1.807, 2.05) is 13.8 Å². The van der Waals surface area contributed by atoms with Crippen molar-refractivity contribution in [2.24, 2.45) is 0 Å². The van der Waals surface area contributed by atoms with Gasteiger partial charge in [0.1, 0.15) is 5.75 Å². The lowest BCUT2D eigenvalue weighted by molar-refractivity contribution is 0.287. The first-order chi connectivity index (χ1) is 12.6. The fraction of sp³-hybridized carbons (Fsp3) is 0.188. The van der Waals surface area contributed by atoms with Gasteiger partial charge in [0.25, 0.3) is 5.88 Å². The third-order valence-corrected chi connectivity index (χ3v) is 4.10. The number of aromatic nitrogens is 6. The predicted octanol–water partition coefficient (Wildman–Crippen LogP) is 3.15. The van der Waals surface area contributed by atoms with Gasteiger partial charge in [0.15, 0.2) is 18.2 Å². The molecule has 4 rings (SSSR count). The quantitative estimate of drug-likeness (QED) is 0.526. The Balaban J connectivity index is 1.62. The summed E-state index contributed by atoms with van der Waals surface area (Å²) >= 11 is 6.09. The van der Waals surface area contributed by atoms with Gasteiger partial charge in [0.2, 0.25) is 0 Å². The highest BCUT2D eigenvalue weighted by Gasteiger charge is 2.18. The van der Waals surface area contributed by atoms with Crippen molar-refractivity contribution in [2.45, 2.75) is 20.5 Å². The molecule has 26 heavy (non-hydrogen) atoms. The minimum absolute atomic E-state index is 0.106. The molecule has 0 aliphatic carbocycles. The molecule has 3 aromatic heterocycles. The van der Waals surface area contributed by atoms with Crippen LogP contribution in [0, 0.1) is 13.8 Å². The molecular weight excluding hydrogens is 360 g/mol. The first-order valence-electron chi connectivity index (χ1n) is 7.67. The zero-order valence-electron chi connectivity index (χ0n) is 13.9. The summed E-state index contributed by atoms with van der Waals surface area (Å²) in [7, 11) is 0. The standard InChI is InChI=1S/C16H13ClN6O3/c1-9-10(2)20-26-16(9)23-15(19-21-22-23)8-24-13-4-3-11(17)7-12(13)14-5-6-18-25-14/h3-7H,8H2,1-2H3. The maximum absolute atomic E-state index is 6.09. The number of ether oxygens (including phenoxy) is 1. The lowest BCUT2D eigenvalue weighted by atomic mass is 10.1. The molecule has 4 aromatic rings. The Morgan fingerprint density at radius 2 is 2.08 bits per heavy atom. The number of rotatable bonds is 5. The van der Waals surface area contributed by atoms with Gasteiger partial charge in [-0.25, -0.2) is 0 Å². The molecule has 0 fully saturated rings. The van der Waals surface area contributed by atoms with Gasteiger partial charge in [-0.3, -0.25) is 0 Å². The van der Waals surface area contributed by atoms with E-state index in [2.05, 4.69) is 25.8 Å². The Bertz CT molecular complexity index is 1040. The van der Waals surface area contributed by atoms with E-state index >= 15 is 0 Å². The third kappa shape index (κ3) is 2.93. The van der Waals surface area contributed by atoms with Crippen LogP contribution >= 0.6 is 11.6 Å². The number of benzene rings is 1. The molecule has 0 radical (unpaired) electrons. The molecule has 10 heteroatoms. The fourth-order valence-electron chi connectivity index (χ4n) is 2.37. The topological polar surface area (TPSA) is 105 Å². The van der Waals surface area contributed by atoms with Crippen LogP contribution in [-0.2, 0) is 6.61 Å². The van der Waals surface area contributed by atoms with Gasteiger partial charge in [0, 0.05) is 16.7 Å². The van der Waals surface area contributed by atoms with Gasteiger partial charge >= 0.3 is 0 Å². The molecule has 0 unspecified atom stereocenters. The maximum Gasteiger partial charge on any atom is 0.258 e. The van der Waals surface area contributed by atoms with Crippen LogP contribution in [0.5, 0.6) is 5.75 Å². The first kappa shape index (κ1) is 16.3. The van der Waals surface area contributed by atoms with E-state index in [0.29, 0.717) is 33.8 Å². The molecule has 0 aliphatic rings. The lowest BCUT2D eigenvalue weighted by Gasteiger charge is -2.09. The summed E-state index contributed by atoms with van der Waals surface area (Å²) in [6.07, 6.45) is 1.55. The van der Waals surface area contributed by atoms with E-state index in [4.69, 9.17) is 25.4 Å². The molecule has 0 N–H and O–H groups in total. The second-order valence-electron chi connectivity index (χ2n) is 5.51. The van der Waals surface area contributed by atoms with Crippen molar-refractivity contribution >= 4 is 11.6 Å². The van der Waals surface area contributed by atoms with Gasteiger partial charge in [-0.05, 0) is 42.5 Å². The molecule has 0 amide bonds. The van der Waals surface area contributed by atoms with Crippen molar-refractivity contribution in [3.63, 3.8) is 0 Å². The van der Waals surface area contributed by atoms with E-state index in [-0.39, 0.29) is 6.61 Å². The largest absolute Gasteiger partial charge is 0.485 e. The van der Waals surface area contributed by atoms with Gasteiger partial charge in [0.05, 0.1) is 17.5 Å². The molecule has 0 saturated carbocycles. The molecule has 0 saturated heterocycles. The van der Waals surface area contributed by atoms with Crippen molar-refractivity contribution in [3.05, 3.63) is 52.6 Å². The third-order valence-electron chi connectivity index (χ3n) is 3.86. The molecule has 0 spiro atoms. The van der Waals surface area contributed by atoms with Crippen molar-refractivity contribution in [1.29, 1.82) is 0 Å². The number of tetrazole rings is 1. The van der Waals surface area contributed by atoms with Crippen molar-refractivity contribution < 1.29 is 13.8 Å². The Morgan fingerprint density at radius 3 is 2.81 bits per heavy atom. The maximum atomic E-state index is 6.09. The lowest BCUT2D eigenvalue weighted by Crippen LogP contribution is -2.07. The summed E-state index contributed by atoms with van der Waals surface area (Å²) < 4.78 is 17.9. The van der Waals surface area contributed by atoms with E-state index < -0.39 is 0 Å². The van der Waals surface area contributed by atoms with Crippen LogP contribution in [-0.4, -0.2) is 30.5 Å². The van der Waals surface area contributed by atoms with E-state index in [1.165, 1.54) is 4.68 Å². The van der Waals surface area contributed by atoms with Crippen LogP contribution in [0.15, 0.2) is 39.5 Å². The summed E-state index contributed by atoms with van der Waals surface area (Å²) in [5.41, 5.74) is 2.31. The molecule has 3 heterocycles. The zero-order valence-corrected chi connectivity index (χ0v) is 14.6. The van der Waals surface area contributed by atoms with Gasteiger partial charge in [-0.1, -0.05) is 21.9 Å². The predicted molar refractivity (Wildman–Crippen MR) is 90.0 cm³/mol. The van der Waals surface area contributed by atoms with E-state index in [0.717, 1.165) is 11.3 Å². The van der Waals surface area contributed by atoms with Crippen LogP contribution in [0.2, 0.25) is 5.02 Å². The SMILES string of the molecule is Cc1noc(-n2nnnc2COc2ccc(Cl)cc2-c2ccno2)c1C. The Morgan fingerprint density at radius 1 is 1.19 bits per heavy atom. The van der Waals surface area contributed by atoms with Crippen LogP contribution in [0.4, 0.5) is 0 Å². The van der Waals surface area contributed by atoms with E-state index in [1.54, 1.807) is 30.5 Å². The zero-order chi connectivity index (χ0) is 18.1. The van der Waals surface area contributed by atoms with Crippen molar-refractivity contribution in [1.82, 2.24) is 30.5 Å². The summed E-state index contributed by atoms with van der Waals surface area (Å²) in [6, 6.07) is 6.94. The summed E-state index contributed by atoms with van der Waals surface area (Å²) in [5, 5.41) is 19.8. The number of aryl methyl sites for hydroxylation is 1. The second-order valence-corrected chi connectivity index (χ2v) is 5.95. The van der Waals surface area contributed by atoms with Crippen LogP contribution in [0.25, 0.3) is 17.2 Å². The molecule has 0 atom stereocenters. The fourth-order valence-corrected chi connectivity index (χ4v) is 2.54. The minimum atomic E-state index is 0.106.